The summed E-state index contributed by atoms with van der Waals surface area (Å²) < 4.78 is 0. The number of hydrogen-bond donors (Lipinski definition) is 2. The van der Waals surface area contributed by atoms with Crippen molar-refractivity contribution in [3.63, 3.8) is 0 Å². The third-order valence-corrected chi connectivity index (χ3v) is 3.12. The fraction of sp³-hybridized carbons (Fsp3) is 0.133. The summed E-state index contributed by atoms with van der Waals surface area (Å²) in [5.74, 6) is -0.995. The van der Waals surface area contributed by atoms with Crippen molar-refractivity contribution in [2.45, 2.75) is 13.5 Å². The summed E-state index contributed by atoms with van der Waals surface area (Å²) in [6, 6.07) is 11.2. The molecule has 0 amide bonds. The number of hydrogen-bond acceptors (Lipinski definition) is 4. The topological polar surface area (TPSA) is 92.5 Å². The standard InChI is InChI=1S/C15H14N2O4/c1-10-3-2-4-13(15(18)19)14(10)16-9-11-5-7-12(8-6-11)17(20)21/h2-8,16H,9H2,1H3,(H,18,19). The molecule has 0 aliphatic heterocycles. The number of nitro groups is 1. The number of carboxylic acid groups (broad SMARTS) is 1. The summed E-state index contributed by atoms with van der Waals surface area (Å²) in [6.45, 7) is 2.22. The van der Waals surface area contributed by atoms with Crippen molar-refractivity contribution in [1.29, 1.82) is 0 Å². The van der Waals surface area contributed by atoms with E-state index in [9.17, 15) is 14.9 Å². The molecule has 2 rings (SSSR count). The Hall–Kier alpha value is -2.89. The van der Waals surface area contributed by atoms with Gasteiger partial charge in [0, 0.05) is 18.7 Å². The number of rotatable bonds is 5. The summed E-state index contributed by atoms with van der Waals surface area (Å²) in [5, 5.41) is 22.8. The van der Waals surface area contributed by atoms with E-state index < -0.39 is 10.9 Å². The number of aromatic carboxylic acids is 1. The van der Waals surface area contributed by atoms with Gasteiger partial charge in [0.1, 0.15) is 0 Å². The minimum absolute atomic E-state index is 0.0286. The van der Waals surface area contributed by atoms with Crippen molar-refractivity contribution in [3.05, 3.63) is 69.3 Å². The minimum atomic E-state index is -0.995. The van der Waals surface area contributed by atoms with Crippen molar-refractivity contribution < 1.29 is 14.8 Å². The van der Waals surface area contributed by atoms with E-state index in [-0.39, 0.29) is 11.3 Å². The van der Waals surface area contributed by atoms with Gasteiger partial charge in [-0.2, -0.15) is 0 Å². The molecule has 0 aliphatic rings. The van der Waals surface area contributed by atoms with Crippen LogP contribution in [-0.4, -0.2) is 16.0 Å². The molecule has 2 N–H and O–H groups in total. The van der Waals surface area contributed by atoms with E-state index in [4.69, 9.17) is 5.11 Å². The lowest BCUT2D eigenvalue weighted by Crippen LogP contribution is -2.08. The maximum absolute atomic E-state index is 11.2. The molecule has 2 aromatic rings. The fourth-order valence-corrected chi connectivity index (χ4v) is 2.01. The van der Waals surface area contributed by atoms with Gasteiger partial charge in [-0.1, -0.05) is 24.3 Å². The van der Waals surface area contributed by atoms with Gasteiger partial charge in [0.25, 0.3) is 5.69 Å². The maximum atomic E-state index is 11.2. The molecule has 0 heterocycles. The molecular formula is C15H14N2O4. The van der Waals surface area contributed by atoms with Crippen molar-refractivity contribution in [3.8, 4) is 0 Å². The van der Waals surface area contributed by atoms with Crippen LogP contribution in [0.1, 0.15) is 21.5 Å². The summed E-state index contributed by atoms with van der Waals surface area (Å²) in [7, 11) is 0. The zero-order chi connectivity index (χ0) is 15.4. The molecule has 0 saturated heterocycles. The second kappa shape index (κ2) is 6.04. The first kappa shape index (κ1) is 14.5. The van der Waals surface area contributed by atoms with Crippen LogP contribution in [0.3, 0.4) is 0 Å². The number of nitrogens with zero attached hydrogens (tertiary/aromatic N) is 1. The Morgan fingerprint density at radius 1 is 1.24 bits per heavy atom. The second-order valence-corrected chi connectivity index (χ2v) is 4.58. The van der Waals surface area contributed by atoms with Gasteiger partial charge in [-0.25, -0.2) is 4.79 Å². The van der Waals surface area contributed by atoms with Crippen LogP contribution in [0.15, 0.2) is 42.5 Å². The van der Waals surface area contributed by atoms with E-state index in [1.54, 1.807) is 18.2 Å². The molecule has 0 bridgehead atoms. The van der Waals surface area contributed by atoms with Crippen LogP contribution in [0.25, 0.3) is 0 Å². The number of nitro benzene ring substituents is 1. The highest BCUT2D eigenvalue weighted by atomic mass is 16.6. The lowest BCUT2D eigenvalue weighted by atomic mass is 10.1. The highest BCUT2D eigenvalue weighted by Crippen LogP contribution is 2.22. The Morgan fingerprint density at radius 2 is 1.90 bits per heavy atom. The molecule has 0 fully saturated rings. The van der Waals surface area contributed by atoms with E-state index in [0.717, 1.165) is 11.1 Å². The van der Waals surface area contributed by atoms with Crippen molar-refractivity contribution in [2.24, 2.45) is 0 Å². The first-order chi connectivity index (χ1) is 9.99. The molecule has 21 heavy (non-hydrogen) atoms. The van der Waals surface area contributed by atoms with Gasteiger partial charge in [-0.05, 0) is 24.1 Å². The Balaban J connectivity index is 2.16. The van der Waals surface area contributed by atoms with Crippen LogP contribution < -0.4 is 5.32 Å². The van der Waals surface area contributed by atoms with Crippen molar-refractivity contribution in [2.75, 3.05) is 5.32 Å². The molecule has 0 radical (unpaired) electrons. The number of benzene rings is 2. The largest absolute Gasteiger partial charge is 0.478 e. The van der Waals surface area contributed by atoms with Crippen LogP contribution in [0.4, 0.5) is 11.4 Å². The molecule has 2 aromatic carbocycles. The van der Waals surface area contributed by atoms with Gasteiger partial charge in [0.2, 0.25) is 0 Å². The molecule has 0 aliphatic carbocycles. The quantitative estimate of drug-likeness (QED) is 0.650. The highest BCUT2D eigenvalue weighted by molar-refractivity contribution is 5.95. The fourth-order valence-electron chi connectivity index (χ4n) is 2.01. The number of carboxylic acids is 1. The lowest BCUT2D eigenvalue weighted by molar-refractivity contribution is -0.384. The van der Waals surface area contributed by atoms with Crippen molar-refractivity contribution in [1.82, 2.24) is 0 Å². The number of anilines is 1. The van der Waals surface area contributed by atoms with Crippen LogP contribution >= 0.6 is 0 Å². The predicted molar refractivity (Wildman–Crippen MR) is 78.6 cm³/mol. The van der Waals surface area contributed by atoms with Crippen LogP contribution in [-0.2, 0) is 6.54 Å². The zero-order valence-corrected chi connectivity index (χ0v) is 11.4. The number of nitrogens with one attached hydrogen (secondary N) is 1. The van der Waals surface area contributed by atoms with Gasteiger partial charge in [-0.15, -0.1) is 0 Å². The number of non-ortho nitro benzene ring substituents is 1. The summed E-state index contributed by atoms with van der Waals surface area (Å²) in [6.07, 6.45) is 0. The molecule has 0 spiro atoms. The lowest BCUT2D eigenvalue weighted by Gasteiger charge is -2.12. The van der Waals surface area contributed by atoms with Crippen LogP contribution in [0.2, 0.25) is 0 Å². The molecular weight excluding hydrogens is 272 g/mol. The van der Waals surface area contributed by atoms with Gasteiger partial charge < -0.3 is 10.4 Å². The molecule has 0 saturated carbocycles. The van der Waals surface area contributed by atoms with Gasteiger partial charge in [-0.3, -0.25) is 10.1 Å². The second-order valence-electron chi connectivity index (χ2n) is 4.58. The molecule has 0 atom stereocenters. The third-order valence-electron chi connectivity index (χ3n) is 3.12. The number of carbonyl (C=O) groups is 1. The summed E-state index contributed by atoms with van der Waals surface area (Å²) >= 11 is 0. The first-order valence-corrected chi connectivity index (χ1v) is 6.29. The summed E-state index contributed by atoms with van der Waals surface area (Å²) in [4.78, 5) is 21.3. The van der Waals surface area contributed by atoms with Crippen LogP contribution in [0.5, 0.6) is 0 Å². The van der Waals surface area contributed by atoms with Gasteiger partial charge in [0.15, 0.2) is 0 Å². The molecule has 0 unspecified atom stereocenters. The summed E-state index contributed by atoms with van der Waals surface area (Å²) in [5.41, 5.74) is 2.46. The van der Waals surface area contributed by atoms with Gasteiger partial charge in [0.05, 0.1) is 16.2 Å². The average Bonchev–Trinajstić information content (AvgIpc) is 2.46. The molecule has 6 heteroatoms. The average molecular weight is 286 g/mol. The molecule has 6 nitrogen and oxygen atoms in total. The minimum Gasteiger partial charge on any atom is -0.478 e. The van der Waals surface area contributed by atoms with Crippen LogP contribution in [0, 0.1) is 17.0 Å². The SMILES string of the molecule is Cc1cccc(C(=O)O)c1NCc1ccc([N+](=O)[O-])cc1. The Labute approximate surface area is 121 Å². The number of para-hydroxylation sites is 1. The number of aryl methyl sites for hydroxylation is 1. The van der Waals surface area contributed by atoms with E-state index >= 15 is 0 Å². The normalized spacial score (nSPS) is 10.1. The smallest absolute Gasteiger partial charge is 0.337 e. The first-order valence-electron chi connectivity index (χ1n) is 6.29. The highest BCUT2D eigenvalue weighted by Gasteiger charge is 2.11. The molecule has 108 valence electrons. The predicted octanol–water partition coefficient (Wildman–Crippen LogP) is 3.21. The Bertz CT molecular complexity index is 681. The third kappa shape index (κ3) is 3.36. The van der Waals surface area contributed by atoms with E-state index in [1.807, 2.05) is 13.0 Å². The molecule has 0 aromatic heterocycles. The Kier molecular flexibility index (Phi) is 4.18. The zero-order valence-electron chi connectivity index (χ0n) is 11.4. The van der Waals surface area contributed by atoms with Crippen molar-refractivity contribution >= 4 is 17.3 Å². The maximum Gasteiger partial charge on any atom is 0.337 e. The van der Waals surface area contributed by atoms with E-state index in [0.29, 0.717) is 12.2 Å². The van der Waals surface area contributed by atoms with E-state index in [1.165, 1.54) is 18.2 Å². The Morgan fingerprint density at radius 3 is 2.48 bits per heavy atom. The van der Waals surface area contributed by atoms with Gasteiger partial charge >= 0.3 is 5.97 Å². The monoisotopic (exact) mass is 286 g/mol. The van der Waals surface area contributed by atoms with E-state index in [2.05, 4.69) is 5.32 Å².